The minimum absolute atomic E-state index is 0.513. The average molecular weight is 340 g/mol. The molecule has 3 aliphatic carbocycles. The largest absolute Gasteiger partial charge is 0.312 e. The normalized spacial score (nSPS) is 44.0. The highest BCUT2D eigenvalue weighted by Crippen LogP contribution is 2.54. The molecule has 0 N–H and O–H groups in total. The van der Waals surface area contributed by atoms with Gasteiger partial charge in [-0.15, -0.1) is 0 Å². The molecule has 6 heteroatoms. The maximum atomic E-state index is 6.36. The minimum Gasteiger partial charge on any atom is -0.312 e. The third-order valence-corrected chi connectivity index (χ3v) is 6.44. The molecular formula is C18H28O6. The fourth-order valence-corrected chi connectivity index (χ4v) is 4.98. The van der Waals surface area contributed by atoms with E-state index in [1.807, 2.05) is 0 Å². The van der Waals surface area contributed by atoms with Gasteiger partial charge in [0, 0.05) is 51.4 Å². The topological polar surface area (TPSA) is 55.4 Å². The molecular weight excluding hydrogens is 312 g/mol. The van der Waals surface area contributed by atoms with Crippen molar-refractivity contribution in [3.05, 3.63) is 0 Å². The Hall–Kier alpha value is -0.240. The lowest BCUT2D eigenvalue weighted by Crippen LogP contribution is -2.47. The van der Waals surface area contributed by atoms with E-state index >= 15 is 0 Å². The molecule has 0 bridgehead atoms. The molecule has 0 radical (unpaired) electrons. The fourth-order valence-electron chi connectivity index (χ4n) is 4.98. The zero-order valence-electron chi connectivity index (χ0n) is 14.3. The van der Waals surface area contributed by atoms with Crippen molar-refractivity contribution < 1.29 is 29.0 Å². The standard InChI is InChI=1S/C18H28O6/c1-3-7-15(8-4-1)19-17(23-21-15)11-13-18(14-12-17)20-16(22-24-18)9-5-2-6-10-16/h1-14H2. The van der Waals surface area contributed by atoms with Crippen LogP contribution in [0.3, 0.4) is 0 Å². The van der Waals surface area contributed by atoms with Crippen molar-refractivity contribution in [2.75, 3.05) is 0 Å². The number of ether oxygens (including phenoxy) is 2. The van der Waals surface area contributed by atoms with Gasteiger partial charge in [-0.3, -0.25) is 0 Å². The Morgan fingerprint density at radius 1 is 0.333 bits per heavy atom. The van der Waals surface area contributed by atoms with Crippen LogP contribution in [0.5, 0.6) is 0 Å². The van der Waals surface area contributed by atoms with Gasteiger partial charge in [-0.05, 0) is 25.7 Å². The summed E-state index contributed by atoms with van der Waals surface area (Å²) in [6.07, 6.45) is 13.7. The first-order valence-corrected chi connectivity index (χ1v) is 9.79. The molecule has 2 saturated heterocycles. The van der Waals surface area contributed by atoms with Gasteiger partial charge in [0.15, 0.2) is 0 Å². The summed E-state index contributed by atoms with van der Waals surface area (Å²) in [6.45, 7) is 0. The van der Waals surface area contributed by atoms with E-state index in [0.29, 0.717) is 25.7 Å². The predicted octanol–water partition coefficient (Wildman–Crippen LogP) is 4.23. The van der Waals surface area contributed by atoms with Gasteiger partial charge >= 0.3 is 0 Å². The Morgan fingerprint density at radius 3 is 0.958 bits per heavy atom. The number of hydrogen-bond donors (Lipinski definition) is 0. The zero-order valence-corrected chi connectivity index (χ0v) is 14.3. The summed E-state index contributed by atoms with van der Waals surface area (Å²) in [7, 11) is 0. The highest BCUT2D eigenvalue weighted by atomic mass is 17.3. The molecule has 136 valence electrons. The van der Waals surface area contributed by atoms with Gasteiger partial charge in [-0.1, -0.05) is 12.8 Å². The SMILES string of the molecule is C1CCC2(CC1)OOC1(CCC3(CC1)OOC1(CCCCC1)O3)O2. The Labute approximate surface area is 142 Å². The first-order valence-electron chi connectivity index (χ1n) is 9.79. The summed E-state index contributed by atoms with van der Waals surface area (Å²) in [5.74, 6) is -2.28. The summed E-state index contributed by atoms with van der Waals surface area (Å²) in [5, 5.41) is 0. The molecule has 0 aromatic carbocycles. The fraction of sp³-hybridized carbons (Fsp3) is 1.00. The summed E-state index contributed by atoms with van der Waals surface area (Å²) in [5.41, 5.74) is 0. The van der Waals surface area contributed by atoms with Crippen LogP contribution in [-0.2, 0) is 29.0 Å². The lowest BCUT2D eigenvalue weighted by molar-refractivity contribution is -0.382. The molecule has 0 aromatic heterocycles. The number of hydrogen-bond acceptors (Lipinski definition) is 6. The van der Waals surface area contributed by atoms with E-state index in [9.17, 15) is 0 Å². The molecule has 0 atom stereocenters. The van der Waals surface area contributed by atoms with Gasteiger partial charge in [-0.2, -0.15) is 19.6 Å². The maximum absolute atomic E-state index is 6.36. The third-order valence-electron chi connectivity index (χ3n) is 6.44. The van der Waals surface area contributed by atoms with Crippen LogP contribution >= 0.6 is 0 Å². The average Bonchev–Trinajstić information content (AvgIpc) is 3.13. The molecule has 0 amide bonds. The molecule has 6 nitrogen and oxygen atoms in total. The smallest absolute Gasteiger partial charge is 0.205 e. The van der Waals surface area contributed by atoms with Crippen molar-refractivity contribution in [3.63, 3.8) is 0 Å². The highest BCUT2D eigenvalue weighted by molar-refractivity contribution is 4.93. The zero-order chi connectivity index (χ0) is 16.1. The van der Waals surface area contributed by atoms with Crippen LogP contribution < -0.4 is 0 Å². The molecule has 0 aromatic rings. The molecule has 2 heterocycles. The Morgan fingerprint density at radius 2 is 0.625 bits per heavy atom. The molecule has 24 heavy (non-hydrogen) atoms. The third kappa shape index (κ3) is 2.63. The molecule has 5 fully saturated rings. The van der Waals surface area contributed by atoms with Gasteiger partial charge in [0.1, 0.15) is 0 Å². The van der Waals surface area contributed by atoms with Crippen LogP contribution in [0, 0.1) is 0 Å². The van der Waals surface area contributed by atoms with Gasteiger partial charge in [-0.25, -0.2) is 0 Å². The minimum atomic E-state index is -0.627. The van der Waals surface area contributed by atoms with Crippen LogP contribution in [0.2, 0.25) is 0 Å². The summed E-state index contributed by atoms with van der Waals surface area (Å²) in [6, 6.07) is 0. The van der Waals surface area contributed by atoms with E-state index in [2.05, 4.69) is 0 Å². The first kappa shape index (κ1) is 16.0. The molecule has 0 unspecified atom stereocenters. The molecule has 5 rings (SSSR count). The van der Waals surface area contributed by atoms with E-state index in [4.69, 9.17) is 29.0 Å². The second kappa shape index (κ2) is 5.63. The van der Waals surface area contributed by atoms with Gasteiger partial charge in [0.2, 0.25) is 23.1 Å². The quantitative estimate of drug-likeness (QED) is 0.615. The summed E-state index contributed by atoms with van der Waals surface area (Å²) >= 11 is 0. The molecule has 2 aliphatic heterocycles. The second-order valence-corrected chi connectivity index (χ2v) is 8.30. The lowest BCUT2D eigenvalue weighted by atomic mass is 9.87. The molecule has 3 saturated carbocycles. The Bertz CT molecular complexity index is 428. The van der Waals surface area contributed by atoms with Gasteiger partial charge in [0.05, 0.1) is 0 Å². The van der Waals surface area contributed by atoms with Crippen molar-refractivity contribution in [1.82, 2.24) is 0 Å². The van der Waals surface area contributed by atoms with E-state index in [0.717, 1.165) is 51.4 Å². The predicted molar refractivity (Wildman–Crippen MR) is 82.1 cm³/mol. The van der Waals surface area contributed by atoms with E-state index in [1.165, 1.54) is 12.8 Å². The van der Waals surface area contributed by atoms with Gasteiger partial charge < -0.3 is 9.47 Å². The molecule has 4 spiro atoms. The maximum Gasteiger partial charge on any atom is 0.205 e. The monoisotopic (exact) mass is 340 g/mol. The Balaban J connectivity index is 1.23. The second-order valence-electron chi connectivity index (χ2n) is 8.30. The van der Waals surface area contributed by atoms with Crippen LogP contribution in [0.1, 0.15) is 89.9 Å². The van der Waals surface area contributed by atoms with Crippen molar-refractivity contribution in [2.24, 2.45) is 0 Å². The summed E-state index contributed by atoms with van der Waals surface area (Å²) < 4.78 is 12.7. The van der Waals surface area contributed by atoms with Crippen molar-refractivity contribution in [3.8, 4) is 0 Å². The van der Waals surface area contributed by atoms with Gasteiger partial charge in [0.25, 0.3) is 0 Å². The Kier molecular flexibility index (Phi) is 3.75. The van der Waals surface area contributed by atoms with Crippen LogP contribution in [-0.4, -0.2) is 23.1 Å². The summed E-state index contributed by atoms with van der Waals surface area (Å²) in [4.78, 5) is 22.9. The van der Waals surface area contributed by atoms with Crippen molar-refractivity contribution >= 4 is 0 Å². The van der Waals surface area contributed by atoms with Crippen molar-refractivity contribution in [1.29, 1.82) is 0 Å². The van der Waals surface area contributed by atoms with Crippen LogP contribution in [0.4, 0.5) is 0 Å². The molecule has 5 aliphatic rings. The van der Waals surface area contributed by atoms with E-state index in [1.54, 1.807) is 0 Å². The number of rotatable bonds is 0. The lowest BCUT2D eigenvalue weighted by Gasteiger charge is -2.39. The highest BCUT2D eigenvalue weighted by Gasteiger charge is 2.61. The van der Waals surface area contributed by atoms with Crippen LogP contribution in [0.15, 0.2) is 0 Å². The van der Waals surface area contributed by atoms with Crippen LogP contribution in [0.25, 0.3) is 0 Å². The first-order chi connectivity index (χ1) is 11.7. The van der Waals surface area contributed by atoms with E-state index in [-0.39, 0.29) is 0 Å². The van der Waals surface area contributed by atoms with Crippen molar-refractivity contribution in [2.45, 2.75) is 113 Å². The van der Waals surface area contributed by atoms with E-state index < -0.39 is 23.1 Å².